The molecule has 0 amide bonds. The molecule has 0 spiro atoms. The summed E-state index contributed by atoms with van der Waals surface area (Å²) in [6.45, 7) is 9.03. The summed E-state index contributed by atoms with van der Waals surface area (Å²) >= 11 is 1.71. The number of rotatable bonds is 2. The number of nitrogens with one attached hydrogen (secondary N) is 1. The average Bonchev–Trinajstić information content (AvgIpc) is 3.26. The molecule has 1 atom stereocenters. The van der Waals surface area contributed by atoms with Gasteiger partial charge in [0.15, 0.2) is 0 Å². The zero-order valence-corrected chi connectivity index (χ0v) is 19.0. The number of nitrogens with zero attached hydrogens (tertiary/aromatic N) is 3. The Labute approximate surface area is 168 Å². The summed E-state index contributed by atoms with van der Waals surface area (Å²) in [5.41, 5.74) is 4.21. The summed E-state index contributed by atoms with van der Waals surface area (Å²) < 4.78 is 6.72. The second-order valence-corrected chi connectivity index (χ2v) is 11.8. The Morgan fingerprint density at radius 3 is 2.65 bits per heavy atom. The van der Waals surface area contributed by atoms with Crippen LogP contribution >= 0.6 is 11.3 Å². The number of aromatic nitrogens is 2. The Balaban J connectivity index is 1.67. The van der Waals surface area contributed by atoms with E-state index in [1.165, 1.54) is 41.2 Å². The monoisotopic (exact) mass is 479 g/mol. The Morgan fingerprint density at radius 2 is 1.96 bits per heavy atom. The third-order valence-electron chi connectivity index (χ3n) is 5.48. The maximum absolute atomic E-state index is 4.92. The van der Waals surface area contributed by atoms with Gasteiger partial charge in [-0.25, -0.2) is 0 Å². The average molecular weight is 479 g/mol. The van der Waals surface area contributed by atoms with Gasteiger partial charge in [-0.15, -0.1) is 0 Å². The quantitative estimate of drug-likeness (QED) is 0.445. The number of benzene rings is 1. The van der Waals surface area contributed by atoms with Crippen molar-refractivity contribution in [1.29, 1.82) is 0 Å². The van der Waals surface area contributed by atoms with Gasteiger partial charge in [0.2, 0.25) is 0 Å². The Hall–Kier alpha value is -1.28. The Kier molecular flexibility index (Phi) is 3.64. The van der Waals surface area contributed by atoms with Crippen LogP contribution in [0.15, 0.2) is 15.8 Å². The molecule has 4 heterocycles. The first-order valence-corrected chi connectivity index (χ1v) is 12.2. The molecule has 1 unspecified atom stereocenters. The summed E-state index contributed by atoms with van der Waals surface area (Å²) in [5, 5.41) is 5.19. The van der Waals surface area contributed by atoms with Crippen LogP contribution in [0.5, 0.6) is 0 Å². The van der Waals surface area contributed by atoms with Gasteiger partial charge in [0.25, 0.3) is 0 Å². The minimum absolute atomic E-state index is 0.127. The van der Waals surface area contributed by atoms with E-state index < -0.39 is 0 Å². The van der Waals surface area contributed by atoms with Crippen molar-refractivity contribution in [3.63, 3.8) is 0 Å². The summed E-state index contributed by atoms with van der Waals surface area (Å²) in [7, 11) is 4.41. The molecule has 6 heteroatoms. The first kappa shape index (κ1) is 16.9. The van der Waals surface area contributed by atoms with Crippen molar-refractivity contribution >= 4 is 37.5 Å². The summed E-state index contributed by atoms with van der Waals surface area (Å²) in [4.78, 5) is 8.56. The van der Waals surface area contributed by atoms with Crippen molar-refractivity contribution < 1.29 is 21.2 Å². The fraction of sp³-hybridized carbons (Fsp3) is 0.450. The van der Waals surface area contributed by atoms with Gasteiger partial charge in [0.05, 0.1) is 0 Å². The van der Waals surface area contributed by atoms with Crippen molar-refractivity contribution in [1.82, 2.24) is 19.8 Å². The number of thiophene rings is 1. The second-order valence-electron chi connectivity index (χ2n) is 7.97. The third kappa shape index (κ3) is 2.14. The Morgan fingerprint density at radius 1 is 1.19 bits per heavy atom. The molecule has 2 aromatic heterocycles. The van der Waals surface area contributed by atoms with Crippen LogP contribution in [-0.4, -0.2) is 27.7 Å². The molecule has 0 fully saturated rings. The number of hydrogen-bond acceptors (Lipinski definition) is 4. The SMILES string of the molecule is CC(C)c1nc2sc3cc4c(cc3c2n1C)[I-]C1=C4N(C)C(C(C)C)N1. The molecule has 0 bridgehead atoms. The molecule has 26 heavy (non-hydrogen) atoms. The summed E-state index contributed by atoms with van der Waals surface area (Å²) in [6, 6.07) is 4.88. The normalized spacial score (nSPS) is 19.7. The van der Waals surface area contributed by atoms with E-state index in [-0.39, 0.29) is 21.2 Å². The van der Waals surface area contributed by atoms with Crippen molar-refractivity contribution in [2.45, 2.75) is 39.8 Å². The number of aryl methyl sites for hydroxylation is 1. The first-order chi connectivity index (χ1) is 12.4. The van der Waals surface area contributed by atoms with Gasteiger partial charge in [-0.2, -0.15) is 0 Å². The molecule has 2 aliphatic heterocycles. The summed E-state index contributed by atoms with van der Waals surface area (Å²) in [5.74, 6) is 2.24. The van der Waals surface area contributed by atoms with Crippen LogP contribution < -0.4 is 26.5 Å². The van der Waals surface area contributed by atoms with Crippen LogP contribution in [0.4, 0.5) is 0 Å². The molecule has 0 radical (unpaired) electrons. The first-order valence-electron chi connectivity index (χ1n) is 9.18. The van der Waals surface area contributed by atoms with Crippen LogP contribution in [0.1, 0.15) is 45.0 Å². The van der Waals surface area contributed by atoms with Gasteiger partial charge in [-0.3, -0.25) is 0 Å². The van der Waals surface area contributed by atoms with E-state index in [4.69, 9.17) is 4.98 Å². The van der Waals surface area contributed by atoms with Crippen LogP contribution in [0.3, 0.4) is 0 Å². The molecule has 3 aromatic rings. The second kappa shape index (κ2) is 5.61. The molecule has 4 nitrogen and oxygen atoms in total. The van der Waals surface area contributed by atoms with Crippen molar-refractivity contribution in [3.05, 3.63) is 30.8 Å². The van der Waals surface area contributed by atoms with E-state index in [0.717, 1.165) is 0 Å². The van der Waals surface area contributed by atoms with E-state index in [9.17, 15) is 0 Å². The topological polar surface area (TPSA) is 33.1 Å². The van der Waals surface area contributed by atoms with Gasteiger partial charge in [0, 0.05) is 0 Å². The van der Waals surface area contributed by atoms with Crippen molar-refractivity contribution in [3.8, 4) is 0 Å². The molecular formula is C20H24IN4S-. The van der Waals surface area contributed by atoms with E-state index in [1.807, 2.05) is 11.3 Å². The molecule has 2 aliphatic rings. The molecule has 1 aromatic carbocycles. The molecule has 1 N–H and O–H groups in total. The van der Waals surface area contributed by atoms with Crippen molar-refractivity contribution in [2.24, 2.45) is 13.0 Å². The van der Waals surface area contributed by atoms with Gasteiger partial charge >= 0.3 is 169 Å². The van der Waals surface area contributed by atoms with E-state index >= 15 is 0 Å². The molecule has 0 aliphatic carbocycles. The fourth-order valence-electron chi connectivity index (χ4n) is 4.25. The molecule has 5 rings (SSSR count). The number of fused-ring (bicyclic) bond motifs is 5. The number of hydrogen-bond donors (Lipinski definition) is 1. The number of imidazole rings is 1. The number of halogens is 1. The van der Waals surface area contributed by atoms with Crippen LogP contribution in [0, 0.1) is 9.49 Å². The van der Waals surface area contributed by atoms with Gasteiger partial charge in [0.1, 0.15) is 0 Å². The van der Waals surface area contributed by atoms with Gasteiger partial charge in [-0.1, -0.05) is 0 Å². The predicted molar refractivity (Wildman–Crippen MR) is 105 cm³/mol. The molecule has 0 saturated carbocycles. The molecule has 0 saturated heterocycles. The van der Waals surface area contributed by atoms with Crippen LogP contribution in [0.2, 0.25) is 0 Å². The predicted octanol–water partition coefficient (Wildman–Crippen LogP) is 1.33. The zero-order chi connectivity index (χ0) is 18.3. The molecule has 138 valence electrons. The maximum atomic E-state index is 4.92. The van der Waals surface area contributed by atoms with E-state index in [1.54, 1.807) is 3.57 Å². The fourth-order valence-corrected chi connectivity index (χ4v) is 8.53. The van der Waals surface area contributed by atoms with E-state index in [0.29, 0.717) is 18.0 Å². The van der Waals surface area contributed by atoms with Gasteiger partial charge < -0.3 is 0 Å². The minimum atomic E-state index is -0.127. The van der Waals surface area contributed by atoms with Gasteiger partial charge in [-0.05, 0) is 0 Å². The Bertz CT molecular complexity index is 1090. The van der Waals surface area contributed by atoms with Crippen LogP contribution in [0.25, 0.3) is 26.1 Å². The standard InChI is InChI=1S/C20H24IN4S/c1-9(2)18-22-17-15(24(18)5)11-8-14-12(7-13(11)21-17)16-20(26-14)23-19(10(3)4)25(16)6/h7-10,18,22H,1-6H3/q-1. The third-order valence-corrected chi connectivity index (χ3v) is 9.35. The van der Waals surface area contributed by atoms with Crippen molar-refractivity contribution in [2.75, 3.05) is 7.05 Å². The summed E-state index contributed by atoms with van der Waals surface area (Å²) in [6.07, 6.45) is 0.432. The van der Waals surface area contributed by atoms with E-state index in [2.05, 4.69) is 68.7 Å². The van der Waals surface area contributed by atoms with Crippen LogP contribution in [-0.2, 0) is 7.05 Å². The molecular weight excluding hydrogens is 455 g/mol. The zero-order valence-electron chi connectivity index (χ0n) is 16.0.